The Kier molecular flexibility index (Phi) is 4.97. The van der Waals surface area contributed by atoms with Crippen molar-refractivity contribution in [3.63, 3.8) is 0 Å². The lowest BCUT2D eigenvalue weighted by molar-refractivity contribution is -0.0131. The molecule has 0 N–H and O–H groups in total. The third-order valence-electron chi connectivity index (χ3n) is 3.62. The molecule has 3 nitrogen and oxygen atoms in total. The maximum absolute atomic E-state index is 11.8. The van der Waals surface area contributed by atoms with E-state index in [0.29, 0.717) is 24.2 Å². The first-order valence-corrected chi connectivity index (χ1v) is 7.08. The molecule has 0 radical (unpaired) electrons. The number of benzene rings is 1. The molecule has 1 aromatic carbocycles. The Morgan fingerprint density at radius 3 is 2.79 bits per heavy atom. The van der Waals surface area contributed by atoms with Crippen molar-refractivity contribution in [2.45, 2.75) is 45.3 Å². The summed E-state index contributed by atoms with van der Waals surface area (Å²) < 4.78 is 11.2. The second-order valence-electron chi connectivity index (χ2n) is 5.26. The van der Waals surface area contributed by atoms with Gasteiger partial charge in [0.2, 0.25) is 0 Å². The maximum atomic E-state index is 11.8. The molecule has 3 atom stereocenters. The highest BCUT2D eigenvalue weighted by Gasteiger charge is 2.32. The van der Waals surface area contributed by atoms with Gasteiger partial charge < -0.3 is 9.47 Å². The molecule has 104 valence electrons. The molecule has 1 aromatic rings. The molecule has 0 spiro atoms. The molecule has 0 amide bonds. The number of ether oxygens (including phenoxy) is 2. The first-order chi connectivity index (χ1) is 9.20. The summed E-state index contributed by atoms with van der Waals surface area (Å²) in [5.41, 5.74) is 0.596. The molecule has 0 aromatic heterocycles. The Morgan fingerprint density at radius 1 is 1.37 bits per heavy atom. The van der Waals surface area contributed by atoms with Gasteiger partial charge in [0.25, 0.3) is 0 Å². The average Bonchev–Trinajstić information content (AvgIpc) is 2.78. The lowest BCUT2D eigenvalue weighted by Crippen LogP contribution is -2.19. The van der Waals surface area contributed by atoms with Crippen molar-refractivity contribution in [1.82, 2.24) is 0 Å². The van der Waals surface area contributed by atoms with Crippen LogP contribution in [0.5, 0.6) is 0 Å². The van der Waals surface area contributed by atoms with E-state index >= 15 is 0 Å². The molecule has 0 bridgehead atoms. The summed E-state index contributed by atoms with van der Waals surface area (Å²) in [6.45, 7) is 4.73. The molecule has 1 saturated heterocycles. The molecule has 1 aliphatic heterocycles. The Morgan fingerprint density at radius 2 is 2.11 bits per heavy atom. The SMILES string of the molecule is CCCC1OC(COC(=O)c2ccccc2)CC1C. The van der Waals surface area contributed by atoms with Gasteiger partial charge in [0, 0.05) is 0 Å². The molecule has 2 rings (SSSR count). The maximum Gasteiger partial charge on any atom is 0.338 e. The van der Waals surface area contributed by atoms with Gasteiger partial charge in [-0.15, -0.1) is 0 Å². The highest BCUT2D eigenvalue weighted by atomic mass is 16.6. The number of hydrogen-bond donors (Lipinski definition) is 0. The van der Waals surface area contributed by atoms with Crippen LogP contribution in [0, 0.1) is 5.92 Å². The second-order valence-corrected chi connectivity index (χ2v) is 5.26. The minimum absolute atomic E-state index is 0.0548. The van der Waals surface area contributed by atoms with E-state index in [9.17, 15) is 4.79 Å². The van der Waals surface area contributed by atoms with Gasteiger partial charge in [-0.05, 0) is 30.9 Å². The highest BCUT2D eigenvalue weighted by molar-refractivity contribution is 5.89. The van der Waals surface area contributed by atoms with Crippen LogP contribution in [0.4, 0.5) is 0 Å². The van der Waals surface area contributed by atoms with Gasteiger partial charge in [-0.2, -0.15) is 0 Å². The Hall–Kier alpha value is -1.35. The van der Waals surface area contributed by atoms with E-state index in [-0.39, 0.29) is 12.1 Å². The summed E-state index contributed by atoms with van der Waals surface area (Å²) in [5.74, 6) is 0.288. The summed E-state index contributed by atoms with van der Waals surface area (Å²) >= 11 is 0. The predicted molar refractivity (Wildman–Crippen MR) is 74.1 cm³/mol. The smallest absolute Gasteiger partial charge is 0.338 e. The van der Waals surface area contributed by atoms with E-state index in [1.165, 1.54) is 0 Å². The third-order valence-corrected chi connectivity index (χ3v) is 3.62. The average molecular weight is 262 g/mol. The van der Waals surface area contributed by atoms with Gasteiger partial charge in [0.15, 0.2) is 0 Å². The molecular weight excluding hydrogens is 240 g/mol. The fourth-order valence-electron chi connectivity index (χ4n) is 2.57. The van der Waals surface area contributed by atoms with E-state index < -0.39 is 0 Å². The molecule has 19 heavy (non-hydrogen) atoms. The zero-order chi connectivity index (χ0) is 13.7. The van der Waals surface area contributed by atoms with Gasteiger partial charge >= 0.3 is 5.97 Å². The van der Waals surface area contributed by atoms with Crippen molar-refractivity contribution in [3.8, 4) is 0 Å². The van der Waals surface area contributed by atoms with Crippen LogP contribution in [0.2, 0.25) is 0 Å². The van der Waals surface area contributed by atoms with Crippen molar-refractivity contribution in [1.29, 1.82) is 0 Å². The van der Waals surface area contributed by atoms with Gasteiger partial charge in [-0.3, -0.25) is 0 Å². The summed E-state index contributed by atoms with van der Waals surface area (Å²) in [5, 5.41) is 0. The first kappa shape index (κ1) is 14.1. The Bertz CT molecular complexity index is 402. The van der Waals surface area contributed by atoms with E-state index in [0.717, 1.165) is 19.3 Å². The van der Waals surface area contributed by atoms with Gasteiger partial charge in [0.05, 0.1) is 17.8 Å². The lowest BCUT2D eigenvalue weighted by Gasteiger charge is -2.14. The summed E-state index contributed by atoms with van der Waals surface area (Å²) in [7, 11) is 0. The fraction of sp³-hybridized carbons (Fsp3) is 0.562. The van der Waals surface area contributed by atoms with Crippen LogP contribution in [-0.4, -0.2) is 24.8 Å². The molecule has 1 aliphatic rings. The van der Waals surface area contributed by atoms with Crippen molar-refractivity contribution in [2.75, 3.05) is 6.61 Å². The summed E-state index contributed by atoms with van der Waals surface area (Å²) in [4.78, 5) is 11.8. The van der Waals surface area contributed by atoms with Crippen LogP contribution in [0.1, 0.15) is 43.5 Å². The zero-order valence-corrected chi connectivity index (χ0v) is 11.7. The molecule has 3 unspecified atom stereocenters. The first-order valence-electron chi connectivity index (χ1n) is 7.08. The minimum Gasteiger partial charge on any atom is -0.459 e. The molecule has 0 saturated carbocycles. The molecule has 1 heterocycles. The van der Waals surface area contributed by atoms with E-state index in [4.69, 9.17) is 9.47 Å². The topological polar surface area (TPSA) is 35.5 Å². The Labute approximate surface area is 114 Å². The Balaban J connectivity index is 1.79. The van der Waals surface area contributed by atoms with Crippen molar-refractivity contribution >= 4 is 5.97 Å². The predicted octanol–water partition coefficient (Wildman–Crippen LogP) is 3.44. The standard InChI is InChI=1S/C16H22O3/c1-3-7-15-12(2)10-14(19-15)11-18-16(17)13-8-5-4-6-9-13/h4-6,8-9,12,14-15H,3,7,10-11H2,1-2H3. The molecule has 1 fully saturated rings. The monoisotopic (exact) mass is 262 g/mol. The minimum atomic E-state index is -0.268. The van der Waals surface area contributed by atoms with Crippen LogP contribution >= 0.6 is 0 Å². The van der Waals surface area contributed by atoms with Crippen LogP contribution < -0.4 is 0 Å². The molecular formula is C16H22O3. The van der Waals surface area contributed by atoms with Gasteiger partial charge in [-0.25, -0.2) is 4.79 Å². The fourth-order valence-corrected chi connectivity index (χ4v) is 2.57. The number of carbonyl (C=O) groups is 1. The number of rotatable bonds is 5. The van der Waals surface area contributed by atoms with Crippen molar-refractivity contribution < 1.29 is 14.3 Å². The summed E-state index contributed by atoms with van der Waals surface area (Å²) in [6.07, 6.45) is 3.58. The largest absolute Gasteiger partial charge is 0.459 e. The number of esters is 1. The van der Waals surface area contributed by atoms with Gasteiger partial charge in [-0.1, -0.05) is 38.5 Å². The van der Waals surface area contributed by atoms with Crippen LogP contribution in [0.25, 0.3) is 0 Å². The van der Waals surface area contributed by atoms with Crippen LogP contribution in [-0.2, 0) is 9.47 Å². The normalized spacial score (nSPS) is 26.3. The number of carbonyl (C=O) groups excluding carboxylic acids is 1. The number of hydrogen-bond acceptors (Lipinski definition) is 3. The van der Waals surface area contributed by atoms with Crippen molar-refractivity contribution in [3.05, 3.63) is 35.9 Å². The van der Waals surface area contributed by atoms with E-state index in [2.05, 4.69) is 13.8 Å². The van der Waals surface area contributed by atoms with E-state index in [1.54, 1.807) is 12.1 Å². The third kappa shape index (κ3) is 3.80. The zero-order valence-electron chi connectivity index (χ0n) is 11.7. The lowest BCUT2D eigenvalue weighted by atomic mass is 9.99. The highest BCUT2D eigenvalue weighted by Crippen LogP contribution is 2.29. The second kappa shape index (κ2) is 6.71. The van der Waals surface area contributed by atoms with Crippen LogP contribution in [0.15, 0.2) is 30.3 Å². The summed E-state index contributed by atoms with van der Waals surface area (Å²) in [6, 6.07) is 9.08. The van der Waals surface area contributed by atoms with Gasteiger partial charge in [0.1, 0.15) is 6.61 Å². The molecule has 0 aliphatic carbocycles. The van der Waals surface area contributed by atoms with E-state index in [1.807, 2.05) is 18.2 Å². The van der Waals surface area contributed by atoms with Crippen LogP contribution in [0.3, 0.4) is 0 Å². The van der Waals surface area contributed by atoms with Crippen molar-refractivity contribution in [2.24, 2.45) is 5.92 Å². The molecule has 3 heteroatoms. The quantitative estimate of drug-likeness (QED) is 0.763.